The van der Waals surface area contributed by atoms with Crippen molar-refractivity contribution in [3.8, 4) is 17.1 Å². The third-order valence-electron chi connectivity index (χ3n) is 4.95. The number of carbonyl (C=O) groups is 1. The summed E-state index contributed by atoms with van der Waals surface area (Å²) in [6.45, 7) is 0.675. The number of nitrogens with zero attached hydrogens (tertiary/aromatic N) is 3. The third kappa shape index (κ3) is 3.73. The largest absolute Gasteiger partial charge is 0.497 e. The highest BCUT2D eigenvalue weighted by Crippen LogP contribution is 2.33. The number of methoxy groups -OCH3 is 1. The van der Waals surface area contributed by atoms with Crippen LogP contribution in [0.2, 0.25) is 5.02 Å². The van der Waals surface area contributed by atoms with E-state index in [0.29, 0.717) is 23.3 Å². The summed E-state index contributed by atoms with van der Waals surface area (Å²) in [6, 6.07) is 14.7. The maximum absolute atomic E-state index is 12.9. The van der Waals surface area contributed by atoms with Crippen LogP contribution in [0, 0.1) is 0 Å². The summed E-state index contributed by atoms with van der Waals surface area (Å²) in [5.74, 6) is 1.75. The van der Waals surface area contributed by atoms with Gasteiger partial charge >= 0.3 is 0 Å². The SMILES string of the molecule is COc1ccc(-c2noc(C3CCCN3C(=O)Cc3ccccc3Cl)n2)cc1. The van der Waals surface area contributed by atoms with Gasteiger partial charge in [-0.25, -0.2) is 0 Å². The Morgan fingerprint density at radius 2 is 2.04 bits per heavy atom. The van der Waals surface area contributed by atoms with Gasteiger partial charge in [0.25, 0.3) is 0 Å². The molecule has 1 saturated heterocycles. The molecule has 2 heterocycles. The van der Waals surface area contributed by atoms with Gasteiger partial charge in [0, 0.05) is 17.1 Å². The first-order valence-electron chi connectivity index (χ1n) is 9.16. The maximum Gasteiger partial charge on any atom is 0.249 e. The van der Waals surface area contributed by atoms with Crippen LogP contribution >= 0.6 is 11.6 Å². The Hall–Kier alpha value is -2.86. The Morgan fingerprint density at radius 3 is 2.79 bits per heavy atom. The first-order chi connectivity index (χ1) is 13.7. The van der Waals surface area contributed by atoms with E-state index in [1.165, 1.54) is 0 Å². The number of hydrogen-bond donors (Lipinski definition) is 0. The molecule has 0 radical (unpaired) electrons. The van der Waals surface area contributed by atoms with Crippen LogP contribution in [-0.2, 0) is 11.2 Å². The van der Waals surface area contributed by atoms with E-state index in [1.807, 2.05) is 47.4 Å². The molecule has 28 heavy (non-hydrogen) atoms. The summed E-state index contributed by atoms with van der Waals surface area (Å²) >= 11 is 6.20. The second-order valence-electron chi connectivity index (χ2n) is 6.70. The van der Waals surface area contributed by atoms with Gasteiger partial charge in [-0.1, -0.05) is 35.0 Å². The highest BCUT2D eigenvalue weighted by molar-refractivity contribution is 6.31. The first kappa shape index (κ1) is 18.5. The van der Waals surface area contributed by atoms with E-state index in [1.54, 1.807) is 13.2 Å². The zero-order valence-electron chi connectivity index (χ0n) is 15.5. The molecule has 1 aromatic heterocycles. The number of carbonyl (C=O) groups excluding carboxylic acids is 1. The Bertz CT molecular complexity index is 971. The number of hydrogen-bond acceptors (Lipinski definition) is 5. The van der Waals surface area contributed by atoms with Gasteiger partial charge in [-0.05, 0) is 48.7 Å². The lowest BCUT2D eigenvalue weighted by molar-refractivity contribution is -0.131. The highest BCUT2D eigenvalue weighted by atomic mass is 35.5. The Balaban J connectivity index is 1.51. The second-order valence-corrected chi connectivity index (χ2v) is 7.11. The predicted octanol–water partition coefficient (Wildman–Crippen LogP) is 4.30. The lowest BCUT2D eigenvalue weighted by atomic mass is 10.1. The molecule has 0 aliphatic carbocycles. The number of aromatic nitrogens is 2. The Morgan fingerprint density at radius 1 is 1.25 bits per heavy atom. The number of ether oxygens (including phenoxy) is 1. The van der Waals surface area contributed by atoms with E-state index in [2.05, 4.69) is 10.1 Å². The standard InChI is InChI=1S/C21H20ClN3O3/c1-27-16-10-8-14(9-11-16)20-23-21(28-24-20)18-7-4-12-25(18)19(26)13-15-5-2-3-6-17(15)22/h2-3,5-6,8-11,18H,4,7,12-13H2,1H3. The van der Waals surface area contributed by atoms with E-state index in [4.69, 9.17) is 20.9 Å². The van der Waals surface area contributed by atoms with Crippen LogP contribution in [0.25, 0.3) is 11.4 Å². The molecule has 1 amide bonds. The van der Waals surface area contributed by atoms with Crippen molar-refractivity contribution >= 4 is 17.5 Å². The molecule has 144 valence electrons. The fourth-order valence-electron chi connectivity index (χ4n) is 3.46. The molecule has 1 aliphatic heterocycles. The normalized spacial score (nSPS) is 16.4. The fraction of sp³-hybridized carbons (Fsp3) is 0.286. The highest BCUT2D eigenvalue weighted by Gasteiger charge is 2.34. The predicted molar refractivity (Wildman–Crippen MR) is 105 cm³/mol. The molecule has 1 fully saturated rings. The van der Waals surface area contributed by atoms with Crippen molar-refractivity contribution < 1.29 is 14.1 Å². The Kier molecular flexibility index (Phi) is 5.30. The van der Waals surface area contributed by atoms with Crippen molar-refractivity contribution in [3.05, 3.63) is 65.0 Å². The van der Waals surface area contributed by atoms with Gasteiger partial charge in [-0.3, -0.25) is 4.79 Å². The van der Waals surface area contributed by atoms with Gasteiger partial charge in [0.1, 0.15) is 11.8 Å². The lowest BCUT2D eigenvalue weighted by Gasteiger charge is -2.22. The van der Waals surface area contributed by atoms with Crippen LogP contribution in [0.5, 0.6) is 5.75 Å². The van der Waals surface area contributed by atoms with E-state index in [9.17, 15) is 4.79 Å². The summed E-state index contributed by atoms with van der Waals surface area (Å²) in [7, 11) is 1.62. The molecule has 0 spiro atoms. The molecule has 1 atom stereocenters. The fourth-order valence-corrected chi connectivity index (χ4v) is 3.66. The molecule has 6 nitrogen and oxygen atoms in total. The summed E-state index contributed by atoms with van der Waals surface area (Å²) in [5.41, 5.74) is 1.66. The van der Waals surface area contributed by atoms with E-state index >= 15 is 0 Å². The minimum atomic E-state index is -0.200. The molecule has 0 saturated carbocycles. The topological polar surface area (TPSA) is 68.5 Å². The second kappa shape index (κ2) is 8.02. The van der Waals surface area contributed by atoms with Crippen molar-refractivity contribution in [1.29, 1.82) is 0 Å². The van der Waals surface area contributed by atoms with Crippen molar-refractivity contribution in [2.75, 3.05) is 13.7 Å². The van der Waals surface area contributed by atoms with E-state index in [-0.39, 0.29) is 18.4 Å². The van der Waals surface area contributed by atoms with Crippen molar-refractivity contribution in [2.45, 2.75) is 25.3 Å². The molecule has 0 bridgehead atoms. The summed E-state index contributed by atoms with van der Waals surface area (Å²) in [6.07, 6.45) is 1.97. The van der Waals surface area contributed by atoms with Crippen molar-refractivity contribution in [1.82, 2.24) is 15.0 Å². The number of likely N-dealkylation sites (tertiary alicyclic amines) is 1. The third-order valence-corrected chi connectivity index (χ3v) is 5.32. The Labute approximate surface area is 168 Å². The zero-order valence-corrected chi connectivity index (χ0v) is 16.2. The van der Waals surface area contributed by atoms with Gasteiger partial charge in [0.15, 0.2) is 0 Å². The molecule has 0 N–H and O–H groups in total. The average Bonchev–Trinajstić information content (AvgIpc) is 3.39. The van der Waals surface area contributed by atoms with Gasteiger partial charge in [0.05, 0.1) is 13.5 Å². The maximum atomic E-state index is 12.9. The minimum Gasteiger partial charge on any atom is -0.497 e. The molecular formula is C21H20ClN3O3. The zero-order chi connectivity index (χ0) is 19.5. The number of halogens is 1. The van der Waals surface area contributed by atoms with Gasteiger partial charge < -0.3 is 14.2 Å². The van der Waals surface area contributed by atoms with Crippen molar-refractivity contribution in [3.63, 3.8) is 0 Å². The van der Waals surface area contributed by atoms with E-state index in [0.717, 1.165) is 29.7 Å². The van der Waals surface area contributed by atoms with Crippen LogP contribution in [0.4, 0.5) is 0 Å². The van der Waals surface area contributed by atoms with Crippen LogP contribution in [0.1, 0.15) is 30.3 Å². The average molecular weight is 398 g/mol. The van der Waals surface area contributed by atoms with Crippen LogP contribution < -0.4 is 4.74 Å². The minimum absolute atomic E-state index is 0.0137. The lowest BCUT2D eigenvalue weighted by Crippen LogP contribution is -2.32. The molecule has 7 heteroatoms. The van der Waals surface area contributed by atoms with Gasteiger partial charge in [-0.2, -0.15) is 4.98 Å². The number of amides is 1. The monoisotopic (exact) mass is 397 g/mol. The summed E-state index contributed by atoms with van der Waals surface area (Å²) in [5, 5.41) is 4.70. The summed E-state index contributed by atoms with van der Waals surface area (Å²) in [4.78, 5) is 19.2. The van der Waals surface area contributed by atoms with Gasteiger partial charge in [-0.15, -0.1) is 0 Å². The van der Waals surface area contributed by atoms with E-state index < -0.39 is 0 Å². The first-order valence-corrected chi connectivity index (χ1v) is 9.54. The number of benzene rings is 2. The molecule has 1 unspecified atom stereocenters. The molecular weight excluding hydrogens is 378 g/mol. The summed E-state index contributed by atoms with van der Waals surface area (Å²) < 4.78 is 10.7. The van der Waals surface area contributed by atoms with Crippen LogP contribution in [-0.4, -0.2) is 34.6 Å². The number of rotatable bonds is 5. The van der Waals surface area contributed by atoms with Crippen molar-refractivity contribution in [2.24, 2.45) is 0 Å². The molecule has 3 aromatic rings. The van der Waals surface area contributed by atoms with Gasteiger partial charge in [0.2, 0.25) is 17.6 Å². The van der Waals surface area contributed by atoms with Crippen LogP contribution in [0.3, 0.4) is 0 Å². The molecule has 2 aromatic carbocycles. The quantitative estimate of drug-likeness (QED) is 0.641. The van der Waals surface area contributed by atoms with Crippen LogP contribution in [0.15, 0.2) is 53.1 Å². The molecule has 4 rings (SSSR count). The smallest absolute Gasteiger partial charge is 0.249 e. The molecule has 1 aliphatic rings.